The Kier molecular flexibility index (Phi) is 3.74. The van der Waals surface area contributed by atoms with Crippen LogP contribution in [0.3, 0.4) is 0 Å². The third-order valence-corrected chi connectivity index (χ3v) is 4.69. The number of rotatable bonds is 2. The molecule has 2 aliphatic rings. The lowest BCUT2D eigenvalue weighted by atomic mass is 9.78. The minimum Gasteiger partial charge on any atom is -0.508 e. The van der Waals surface area contributed by atoms with Crippen molar-refractivity contribution in [1.82, 2.24) is 4.90 Å². The van der Waals surface area contributed by atoms with Crippen LogP contribution in [-0.4, -0.2) is 22.6 Å². The first-order valence-electron chi connectivity index (χ1n) is 7.45. The van der Waals surface area contributed by atoms with E-state index in [1.165, 1.54) is 44.6 Å². The van der Waals surface area contributed by atoms with E-state index in [4.69, 9.17) is 0 Å². The summed E-state index contributed by atoms with van der Waals surface area (Å²) in [5.74, 6) is 0.532. The zero-order chi connectivity index (χ0) is 13.2. The predicted molar refractivity (Wildman–Crippen MR) is 73.5 cm³/mol. The number of halogens is 1. The number of hydrogen-bond acceptors (Lipinski definition) is 2. The number of fused-ring (bicyclic) bond motifs is 1. The summed E-state index contributed by atoms with van der Waals surface area (Å²) in [6.07, 6.45) is 7.95. The highest BCUT2D eigenvalue weighted by atomic mass is 19.1. The summed E-state index contributed by atoms with van der Waals surface area (Å²) < 4.78 is 13.3. The van der Waals surface area contributed by atoms with Gasteiger partial charge in [-0.15, -0.1) is 0 Å². The molecule has 2 fully saturated rings. The van der Waals surface area contributed by atoms with Gasteiger partial charge < -0.3 is 5.11 Å². The van der Waals surface area contributed by atoms with Gasteiger partial charge in [0.05, 0.1) is 0 Å². The molecule has 2 nitrogen and oxygen atoms in total. The van der Waals surface area contributed by atoms with E-state index in [0.717, 1.165) is 24.6 Å². The Hall–Kier alpha value is -1.09. The number of benzene rings is 1. The SMILES string of the molecule is Oc1cc(F)cc(CN2CCC[C@H]3CCCC[C@H]32)c1. The van der Waals surface area contributed by atoms with Crippen LogP contribution in [0.4, 0.5) is 4.39 Å². The van der Waals surface area contributed by atoms with Gasteiger partial charge in [-0.05, 0) is 55.8 Å². The van der Waals surface area contributed by atoms with E-state index in [-0.39, 0.29) is 11.6 Å². The van der Waals surface area contributed by atoms with Crippen molar-refractivity contribution in [3.8, 4) is 5.75 Å². The van der Waals surface area contributed by atoms with E-state index >= 15 is 0 Å². The van der Waals surface area contributed by atoms with Crippen LogP contribution in [0.1, 0.15) is 44.1 Å². The standard InChI is InChI=1S/C16H22FNO/c17-14-8-12(9-15(19)10-14)11-18-7-3-5-13-4-1-2-6-16(13)18/h8-10,13,16,19H,1-7,11H2/t13-,16-/m1/s1. The van der Waals surface area contributed by atoms with Crippen LogP contribution in [0, 0.1) is 11.7 Å². The summed E-state index contributed by atoms with van der Waals surface area (Å²) >= 11 is 0. The first-order chi connectivity index (χ1) is 9.22. The predicted octanol–water partition coefficient (Wildman–Crippen LogP) is 3.69. The number of likely N-dealkylation sites (tertiary alicyclic amines) is 1. The van der Waals surface area contributed by atoms with Gasteiger partial charge in [0.2, 0.25) is 0 Å². The number of aromatic hydroxyl groups is 1. The van der Waals surface area contributed by atoms with Crippen molar-refractivity contribution in [2.75, 3.05) is 6.54 Å². The molecule has 1 N–H and O–H groups in total. The third-order valence-electron chi connectivity index (χ3n) is 4.69. The molecule has 1 heterocycles. The molecule has 0 amide bonds. The van der Waals surface area contributed by atoms with Crippen LogP contribution in [0.15, 0.2) is 18.2 Å². The Morgan fingerprint density at radius 3 is 2.74 bits per heavy atom. The van der Waals surface area contributed by atoms with Crippen LogP contribution >= 0.6 is 0 Å². The van der Waals surface area contributed by atoms with E-state index in [1.807, 2.05) is 0 Å². The summed E-state index contributed by atoms with van der Waals surface area (Å²) in [7, 11) is 0. The van der Waals surface area contributed by atoms with Crippen LogP contribution in [0.25, 0.3) is 0 Å². The van der Waals surface area contributed by atoms with Gasteiger partial charge in [-0.25, -0.2) is 4.39 Å². The summed E-state index contributed by atoms with van der Waals surface area (Å²) in [4.78, 5) is 2.50. The van der Waals surface area contributed by atoms with Gasteiger partial charge in [0, 0.05) is 18.7 Å². The van der Waals surface area contributed by atoms with Gasteiger partial charge in [-0.1, -0.05) is 12.8 Å². The highest BCUT2D eigenvalue weighted by Crippen LogP contribution is 2.36. The van der Waals surface area contributed by atoms with Crippen molar-refractivity contribution in [1.29, 1.82) is 0 Å². The maximum absolute atomic E-state index is 13.3. The topological polar surface area (TPSA) is 23.5 Å². The Morgan fingerprint density at radius 2 is 1.89 bits per heavy atom. The maximum Gasteiger partial charge on any atom is 0.127 e. The van der Waals surface area contributed by atoms with E-state index < -0.39 is 0 Å². The van der Waals surface area contributed by atoms with Gasteiger partial charge in [0.15, 0.2) is 0 Å². The molecule has 1 saturated carbocycles. The quantitative estimate of drug-likeness (QED) is 0.879. The van der Waals surface area contributed by atoms with Gasteiger partial charge >= 0.3 is 0 Å². The normalized spacial score (nSPS) is 28.1. The molecular weight excluding hydrogens is 241 g/mol. The molecule has 104 valence electrons. The van der Waals surface area contributed by atoms with E-state index in [9.17, 15) is 9.50 Å². The largest absolute Gasteiger partial charge is 0.508 e. The van der Waals surface area contributed by atoms with Gasteiger partial charge in [-0.3, -0.25) is 4.90 Å². The molecule has 1 aromatic rings. The second-order valence-electron chi connectivity index (χ2n) is 6.04. The summed E-state index contributed by atoms with van der Waals surface area (Å²) in [6, 6.07) is 5.08. The summed E-state index contributed by atoms with van der Waals surface area (Å²) in [5, 5.41) is 9.50. The molecule has 1 aromatic carbocycles. The third kappa shape index (κ3) is 2.92. The van der Waals surface area contributed by atoms with Gasteiger partial charge in [0.25, 0.3) is 0 Å². The summed E-state index contributed by atoms with van der Waals surface area (Å²) in [6.45, 7) is 1.88. The second kappa shape index (κ2) is 5.49. The zero-order valence-electron chi connectivity index (χ0n) is 11.3. The van der Waals surface area contributed by atoms with E-state index in [2.05, 4.69) is 4.90 Å². The van der Waals surface area contributed by atoms with Crippen molar-refractivity contribution in [3.05, 3.63) is 29.6 Å². The molecule has 3 heteroatoms. The van der Waals surface area contributed by atoms with Crippen molar-refractivity contribution in [2.45, 2.75) is 51.1 Å². The van der Waals surface area contributed by atoms with Crippen LogP contribution < -0.4 is 0 Å². The number of phenolic OH excluding ortho intramolecular Hbond substituents is 1. The molecule has 0 unspecified atom stereocenters. The van der Waals surface area contributed by atoms with E-state index in [0.29, 0.717) is 6.04 Å². The van der Waals surface area contributed by atoms with Crippen molar-refractivity contribution in [2.24, 2.45) is 5.92 Å². The molecule has 0 aromatic heterocycles. The highest BCUT2D eigenvalue weighted by Gasteiger charge is 2.32. The Morgan fingerprint density at radius 1 is 1.11 bits per heavy atom. The van der Waals surface area contributed by atoms with Crippen LogP contribution in [0.5, 0.6) is 5.75 Å². The number of phenols is 1. The minimum atomic E-state index is -0.341. The number of piperidine rings is 1. The van der Waals surface area contributed by atoms with Crippen molar-refractivity contribution < 1.29 is 9.50 Å². The fraction of sp³-hybridized carbons (Fsp3) is 0.625. The molecular formula is C16H22FNO. The molecule has 19 heavy (non-hydrogen) atoms. The average Bonchev–Trinajstić information content (AvgIpc) is 2.38. The molecule has 1 saturated heterocycles. The molecule has 0 spiro atoms. The summed E-state index contributed by atoms with van der Waals surface area (Å²) in [5.41, 5.74) is 0.892. The van der Waals surface area contributed by atoms with Crippen molar-refractivity contribution in [3.63, 3.8) is 0 Å². The lowest BCUT2D eigenvalue weighted by Crippen LogP contribution is -2.46. The Balaban J connectivity index is 1.74. The fourth-order valence-corrected chi connectivity index (χ4v) is 3.88. The second-order valence-corrected chi connectivity index (χ2v) is 6.04. The lowest BCUT2D eigenvalue weighted by Gasteiger charge is -2.44. The number of hydrogen-bond donors (Lipinski definition) is 1. The van der Waals surface area contributed by atoms with Gasteiger partial charge in [-0.2, -0.15) is 0 Å². The minimum absolute atomic E-state index is 0.0344. The first kappa shape index (κ1) is 12.9. The monoisotopic (exact) mass is 263 g/mol. The van der Waals surface area contributed by atoms with E-state index in [1.54, 1.807) is 12.1 Å². The van der Waals surface area contributed by atoms with Crippen LogP contribution in [0.2, 0.25) is 0 Å². The maximum atomic E-state index is 13.3. The highest BCUT2D eigenvalue weighted by molar-refractivity contribution is 5.28. The smallest absolute Gasteiger partial charge is 0.127 e. The Labute approximate surface area is 114 Å². The first-order valence-corrected chi connectivity index (χ1v) is 7.45. The van der Waals surface area contributed by atoms with Crippen molar-refractivity contribution >= 4 is 0 Å². The zero-order valence-corrected chi connectivity index (χ0v) is 11.3. The molecule has 0 bridgehead atoms. The molecule has 1 aliphatic heterocycles. The fourth-order valence-electron chi connectivity index (χ4n) is 3.88. The van der Waals surface area contributed by atoms with Gasteiger partial charge in [0.1, 0.15) is 11.6 Å². The molecule has 0 radical (unpaired) electrons. The molecule has 2 atom stereocenters. The van der Waals surface area contributed by atoms with Crippen LogP contribution in [-0.2, 0) is 6.54 Å². The molecule has 3 rings (SSSR count). The Bertz CT molecular complexity index is 426. The number of nitrogens with zero attached hydrogens (tertiary/aromatic N) is 1. The molecule has 1 aliphatic carbocycles. The average molecular weight is 263 g/mol. The lowest BCUT2D eigenvalue weighted by molar-refractivity contribution is 0.0546.